The highest BCUT2D eigenvalue weighted by Crippen LogP contribution is 2.14. The van der Waals surface area contributed by atoms with Crippen LogP contribution in [0.1, 0.15) is 239 Å². The quantitative estimate of drug-likeness (QED) is 0.0248. The molecule has 0 heterocycles. The maximum atomic E-state index is 12.3. The summed E-state index contributed by atoms with van der Waals surface area (Å²) in [4.78, 5) is 24.3. The predicted molar refractivity (Wildman–Crippen MR) is 236 cm³/mol. The lowest BCUT2D eigenvalue weighted by molar-refractivity contribution is -0.143. The lowest BCUT2D eigenvalue weighted by atomic mass is 10.0. The van der Waals surface area contributed by atoms with Crippen LogP contribution in [-0.4, -0.2) is 47.4 Å². The number of esters is 1. The van der Waals surface area contributed by atoms with Gasteiger partial charge in [-0.1, -0.05) is 198 Å². The van der Waals surface area contributed by atoms with E-state index in [4.69, 9.17) is 4.74 Å². The first-order valence-electron chi connectivity index (χ1n) is 23.8. The molecule has 0 aromatic heterocycles. The molecule has 0 aromatic rings. The van der Waals surface area contributed by atoms with Gasteiger partial charge in [0.15, 0.2) is 0 Å². The van der Waals surface area contributed by atoms with Crippen molar-refractivity contribution < 1.29 is 24.5 Å². The Balaban J connectivity index is 3.53. The summed E-state index contributed by atoms with van der Waals surface area (Å²) in [6.45, 7) is 4.80. The van der Waals surface area contributed by atoms with Crippen LogP contribution in [0.25, 0.3) is 0 Å². The van der Waals surface area contributed by atoms with Crippen molar-refractivity contribution >= 4 is 11.9 Å². The summed E-state index contributed by atoms with van der Waals surface area (Å²) in [6.07, 6.45) is 52.9. The van der Waals surface area contributed by atoms with Gasteiger partial charge in [0.05, 0.1) is 25.4 Å². The maximum absolute atomic E-state index is 12.3. The van der Waals surface area contributed by atoms with E-state index < -0.39 is 12.1 Å². The minimum Gasteiger partial charge on any atom is -0.466 e. The van der Waals surface area contributed by atoms with Gasteiger partial charge in [0.25, 0.3) is 0 Å². The molecule has 0 aliphatic rings. The van der Waals surface area contributed by atoms with Gasteiger partial charge in [0.1, 0.15) is 0 Å². The van der Waals surface area contributed by atoms with E-state index in [0.717, 1.165) is 77.0 Å². The number of allylic oxidation sites excluding steroid dienone is 5. The van der Waals surface area contributed by atoms with Gasteiger partial charge in [-0.3, -0.25) is 9.59 Å². The summed E-state index contributed by atoms with van der Waals surface area (Å²) in [5.74, 6) is -0.116. The molecule has 6 heteroatoms. The third kappa shape index (κ3) is 41.5. The summed E-state index contributed by atoms with van der Waals surface area (Å²) in [5, 5.41) is 22.8. The Labute approximate surface area is 341 Å². The molecule has 3 N–H and O–H groups in total. The Morgan fingerprint density at radius 2 is 0.891 bits per heavy atom. The van der Waals surface area contributed by atoms with Crippen molar-refractivity contribution in [2.45, 2.75) is 251 Å². The van der Waals surface area contributed by atoms with E-state index in [1.165, 1.54) is 135 Å². The van der Waals surface area contributed by atoms with E-state index in [1.807, 2.05) is 6.08 Å². The zero-order chi connectivity index (χ0) is 40.1. The fourth-order valence-electron chi connectivity index (χ4n) is 6.97. The van der Waals surface area contributed by atoms with Crippen LogP contribution in [0.5, 0.6) is 0 Å². The molecule has 0 aliphatic carbocycles. The summed E-state index contributed by atoms with van der Waals surface area (Å²) in [6, 6.07) is -0.642. The zero-order valence-corrected chi connectivity index (χ0v) is 36.4. The number of hydrogen-bond acceptors (Lipinski definition) is 5. The minimum atomic E-state index is -0.856. The number of unbranched alkanes of at least 4 members (excludes halogenated alkanes) is 29. The molecule has 1 amide bonds. The zero-order valence-electron chi connectivity index (χ0n) is 36.4. The van der Waals surface area contributed by atoms with Crippen molar-refractivity contribution in [3.05, 3.63) is 36.5 Å². The minimum absolute atomic E-state index is 0.0218. The molecule has 0 saturated carbocycles. The van der Waals surface area contributed by atoms with Gasteiger partial charge in [0.2, 0.25) is 5.91 Å². The van der Waals surface area contributed by atoms with Crippen LogP contribution >= 0.6 is 0 Å². The second-order valence-electron chi connectivity index (χ2n) is 16.1. The van der Waals surface area contributed by atoms with Crippen molar-refractivity contribution in [3.8, 4) is 0 Å². The second kappa shape index (κ2) is 44.8. The number of hydrogen-bond donors (Lipinski definition) is 3. The number of nitrogens with one attached hydrogen (secondary N) is 1. The van der Waals surface area contributed by atoms with Crippen LogP contribution < -0.4 is 5.32 Å². The molecule has 0 saturated heterocycles. The van der Waals surface area contributed by atoms with Gasteiger partial charge in [-0.05, 0) is 64.2 Å². The molecule has 2 atom stereocenters. The Morgan fingerprint density at radius 1 is 0.509 bits per heavy atom. The molecule has 55 heavy (non-hydrogen) atoms. The number of carbonyl (C=O) groups excluding carboxylic acids is 2. The monoisotopic (exact) mass is 774 g/mol. The van der Waals surface area contributed by atoms with Crippen molar-refractivity contribution in [2.24, 2.45) is 0 Å². The smallest absolute Gasteiger partial charge is 0.305 e. The molecular formula is C49H91NO5. The number of rotatable bonds is 43. The highest BCUT2D eigenvalue weighted by Gasteiger charge is 2.18. The first-order valence-corrected chi connectivity index (χ1v) is 23.8. The molecule has 0 aromatic carbocycles. The number of carbonyl (C=O) groups is 2. The van der Waals surface area contributed by atoms with E-state index in [-0.39, 0.29) is 18.5 Å². The molecule has 0 bridgehead atoms. The van der Waals surface area contributed by atoms with Gasteiger partial charge in [-0.2, -0.15) is 0 Å². The van der Waals surface area contributed by atoms with Crippen molar-refractivity contribution in [1.29, 1.82) is 0 Å². The van der Waals surface area contributed by atoms with E-state index >= 15 is 0 Å². The fraction of sp³-hybridized carbons (Fsp3) is 0.837. The number of ether oxygens (including phenoxy) is 1. The van der Waals surface area contributed by atoms with Gasteiger partial charge in [-0.25, -0.2) is 0 Å². The summed E-state index contributed by atoms with van der Waals surface area (Å²) >= 11 is 0. The Morgan fingerprint density at radius 3 is 1.35 bits per heavy atom. The fourth-order valence-corrected chi connectivity index (χ4v) is 6.97. The molecule has 0 spiro atoms. The van der Waals surface area contributed by atoms with Gasteiger partial charge in [0, 0.05) is 12.8 Å². The first-order chi connectivity index (χ1) is 27.0. The van der Waals surface area contributed by atoms with E-state index in [9.17, 15) is 19.8 Å². The van der Waals surface area contributed by atoms with E-state index in [1.54, 1.807) is 6.08 Å². The topological polar surface area (TPSA) is 95.9 Å². The first kappa shape index (κ1) is 53.1. The SMILES string of the molecule is CCCCCCCCC/C=C/C(O)C(CO)NC(=O)CCCCCCCC/C=C\C=C/CCCCCOC(=O)CCCCCCCCCCCCCCCC. The number of aliphatic hydroxyl groups excluding tert-OH is 2. The van der Waals surface area contributed by atoms with Crippen LogP contribution in [0.15, 0.2) is 36.5 Å². The van der Waals surface area contributed by atoms with Gasteiger partial charge < -0.3 is 20.3 Å². The normalized spacial score (nSPS) is 13.0. The molecule has 0 aliphatic heterocycles. The average molecular weight is 774 g/mol. The second-order valence-corrected chi connectivity index (χ2v) is 16.1. The van der Waals surface area contributed by atoms with Crippen molar-refractivity contribution in [3.63, 3.8) is 0 Å². The van der Waals surface area contributed by atoms with Crippen LogP contribution in [0, 0.1) is 0 Å². The summed E-state index contributed by atoms with van der Waals surface area (Å²) in [5.41, 5.74) is 0. The van der Waals surface area contributed by atoms with Gasteiger partial charge >= 0.3 is 5.97 Å². The standard InChI is InChI=1S/C49H91NO5/c1-3-5-7-9-11-13-14-15-20-23-27-31-35-39-43-49(54)55-44-40-36-32-28-24-21-18-16-17-19-22-26-30-34-38-42-48(53)50-46(45-51)47(52)41-37-33-29-25-12-10-8-6-4-2/h16,18,21,24,37,41,46-47,51-52H,3-15,17,19-20,22-23,25-36,38-40,42-45H2,1-2H3,(H,50,53)/b18-16-,24-21-,41-37+. The Kier molecular flexibility index (Phi) is 43.2. The Bertz CT molecular complexity index is 900. The van der Waals surface area contributed by atoms with Gasteiger partial charge in [-0.15, -0.1) is 0 Å². The largest absolute Gasteiger partial charge is 0.466 e. The average Bonchev–Trinajstić information content (AvgIpc) is 3.18. The maximum Gasteiger partial charge on any atom is 0.305 e. The molecule has 2 unspecified atom stereocenters. The molecule has 0 radical (unpaired) electrons. The lowest BCUT2D eigenvalue weighted by Crippen LogP contribution is -2.45. The highest BCUT2D eigenvalue weighted by molar-refractivity contribution is 5.76. The van der Waals surface area contributed by atoms with Crippen molar-refractivity contribution in [1.82, 2.24) is 5.32 Å². The third-order valence-corrected chi connectivity index (χ3v) is 10.7. The molecular weight excluding hydrogens is 683 g/mol. The predicted octanol–water partition coefficient (Wildman–Crippen LogP) is 13.7. The lowest BCUT2D eigenvalue weighted by Gasteiger charge is -2.20. The molecule has 0 rings (SSSR count). The van der Waals surface area contributed by atoms with Crippen LogP contribution in [0.4, 0.5) is 0 Å². The summed E-state index contributed by atoms with van der Waals surface area (Å²) in [7, 11) is 0. The Hall–Kier alpha value is -1.92. The molecule has 322 valence electrons. The van der Waals surface area contributed by atoms with E-state index in [2.05, 4.69) is 43.5 Å². The van der Waals surface area contributed by atoms with Crippen LogP contribution in [0.2, 0.25) is 0 Å². The third-order valence-electron chi connectivity index (χ3n) is 10.7. The van der Waals surface area contributed by atoms with Crippen molar-refractivity contribution in [2.75, 3.05) is 13.2 Å². The number of amides is 1. The van der Waals surface area contributed by atoms with E-state index in [0.29, 0.717) is 19.4 Å². The van der Waals surface area contributed by atoms with Crippen LogP contribution in [0.3, 0.4) is 0 Å². The molecule has 6 nitrogen and oxygen atoms in total. The number of aliphatic hydroxyl groups is 2. The van der Waals surface area contributed by atoms with Crippen LogP contribution in [-0.2, 0) is 14.3 Å². The molecule has 0 fully saturated rings. The summed E-state index contributed by atoms with van der Waals surface area (Å²) < 4.78 is 5.43. The highest BCUT2D eigenvalue weighted by atomic mass is 16.5.